The van der Waals surface area contributed by atoms with Gasteiger partial charge in [-0.25, -0.2) is 4.99 Å². The normalized spacial score (nSPS) is 12.8. The van der Waals surface area contributed by atoms with Gasteiger partial charge in [-0.05, 0) is 30.2 Å². The molecule has 0 radical (unpaired) electrons. The van der Waals surface area contributed by atoms with Crippen LogP contribution in [0, 0.1) is 6.92 Å². The maximum Gasteiger partial charge on any atom is 0.192 e. The molecule has 0 aliphatic carbocycles. The van der Waals surface area contributed by atoms with Gasteiger partial charge in [0.05, 0.1) is 6.04 Å². The van der Waals surface area contributed by atoms with Crippen molar-refractivity contribution in [2.24, 2.45) is 12.0 Å². The first kappa shape index (κ1) is 18.6. The first-order valence-corrected chi connectivity index (χ1v) is 9.08. The quantitative estimate of drug-likeness (QED) is 0.401. The van der Waals surface area contributed by atoms with E-state index in [9.17, 15) is 0 Å². The molecule has 1 atom stereocenters. The Hall–Kier alpha value is -3.15. The van der Waals surface area contributed by atoms with Gasteiger partial charge in [0, 0.05) is 13.6 Å². The summed E-state index contributed by atoms with van der Waals surface area (Å²) in [5, 5.41) is 17.5. The fourth-order valence-electron chi connectivity index (χ4n) is 2.97. The molecule has 140 valence electrons. The molecule has 0 bridgehead atoms. The van der Waals surface area contributed by atoms with Crippen molar-refractivity contribution in [2.45, 2.75) is 26.4 Å². The highest BCUT2D eigenvalue weighted by Crippen LogP contribution is 2.23. The molecule has 0 amide bonds. The van der Waals surface area contributed by atoms with Crippen molar-refractivity contribution >= 4 is 16.7 Å². The third-order valence-corrected chi connectivity index (χ3v) is 4.62. The molecule has 27 heavy (non-hydrogen) atoms. The Morgan fingerprint density at radius 1 is 1.22 bits per heavy atom. The van der Waals surface area contributed by atoms with Crippen LogP contribution in [0.5, 0.6) is 0 Å². The van der Waals surface area contributed by atoms with E-state index < -0.39 is 0 Å². The van der Waals surface area contributed by atoms with E-state index in [0.717, 1.165) is 17.6 Å². The highest BCUT2D eigenvalue weighted by molar-refractivity contribution is 5.87. The second-order valence-electron chi connectivity index (χ2n) is 6.49. The monoisotopic (exact) mass is 362 g/mol. The average molecular weight is 362 g/mol. The molecule has 1 heterocycles. The summed E-state index contributed by atoms with van der Waals surface area (Å²) in [4.78, 5) is 4.67. The Balaban J connectivity index is 1.81. The van der Waals surface area contributed by atoms with Gasteiger partial charge >= 0.3 is 0 Å². The van der Waals surface area contributed by atoms with Crippen LogP contribution in [-0.4, -0.2) is 27.3 Å². The van der Waals surface area contributed by atoms with Crippen molar-refractivity contribution in [2.75, 3.05) is 6.54 Å². The number of benzene rings is 2. The van der Waals surface area contributed by atoms with Gasteiger partial charge in [0.1, 0.15) is 12.4 Å². The summed E-state index contributed by atoms with van der Waals surface area (Å²) in [5.41, 5.74) is 1.23. The van der Waals surface area contributed by atoms with Crippen molar-refractivity contribution in [1.82, 2.24) is 25.4 Å². The number of aryl methyl sites for hydroxylation is 1. The zero-order valence-electron chi connectivity index (χ0n) is 16.1. The Labute approximate surface area is 160 Å². The maximum atomic E-state index is 4.67. The molecular formula is C21H26N6. The van der Waals surface area contributed by atoms with Crippen molar-refractivity contribution in [1.29, 1.82) is 0 Å². The first-order valence-electron chi connectivity index (χ1n) is 9.08. The fraction of sp³-hybridized carbons (Fsp3) is 0.286. The lowest BCUT2D eigenvalue weighted by molar-refractivity contribution is 0.689. The molecule has 6 nitrogen and oxygen atoms in total. The number of guanidine groups is 1. The second kappa shape index (κ2) is 8.49. The van der Waals surface area contributed by atoms with E-state index >= 15 is 0 Å². The molecule has 2 aromatic carbocycles. The smallest absolute Gasteiger partial charge is 0.192 e. The minimum atomic E-state index is 0.0911. The van der Waals surface area contributed by atoms with E-state index in [4.69, 9.17) is 0 Å². The minimum Gasteiger partial charge on any atom is -0.353 e. The summed E-state index contributed by atoms with van der Waals surface area (Å²) in [6.45, 7) is 8.92. The molecule has 6 heteroatoms. The molecule has 3 aromatic rings. The summed E-state index contributed by atoms with van der Waals surface area (Å²) >= 11 is 0. The molecule has 1 aromatic heterocycles. The van der Waals surface area contributed by atoms with Gasteiger partial charge in [0.15, 0.2) is 11.8 Å². The van der Waals surface area contributed by atoms with Crippen molar-refractivity contribution < 1.29 is 0 Å². The molecule has 0 spiro atoms. The summed E-state index contributed by atoms with van der Waals surface area (Å²) in [6, 6.07) is 14.9. The Kier molecular flexibility index (Phi) is 5.86. The molecule has 1 unspecified atom stereocenters. The Morgan fingerprint density at radius 3 is 2.74 bits per heavy atom. The van der Waals surface area contributed by atoms with Gasteiger partial charge in [-0.2, -0.15) is 0 Å². The van der Waals surface area contributed by atoms with Crippen LogP contribution < -0.4 is 10.6 Å². The van der Waals surface area contributed by atoms with Crippen LogP contribution in [0.25, 0.3) is 10.8 Å². The number of hydrogen-bond donors (Lipinski definition) is 2. The standard InChI is InChI=1S/C21H26N6/c1-5-13-22-21(23-14-20-26-25-16(3)27(20)4)24-15(2)18-12-8-10-17-9-6-7-11-19(17)18/h5-12,15H,1,13-14H2,2-4H3,(H2,22,23,24). The predicted octanol–water partition coefficient (Wildman–Crippen LogP) is 3.26. The van der Waals surface area contributed by atoms with Gasteiger partial charge in [0.2, 0.25) is 0 Å². The SMILES string of the molecule is C=CCNC(=NCc1nnc(C)n1C)NC(C)c1cccc2ccccc12. The van der Waals surface area contributed by atoms with E-state index in [1.165, 1.54) is 16.3 Å². The molecular weight excluding hydrogens is 336 g/mol. The number of fused-ring (bicyclic) bond motifs is 1. The fourth-order valence-corrected chi connectivity index (χ4v) is 2.97. The Morgan fingerprint density at radius 2 is 2.00 bits per heavy atom. The van der Waals surface area contributed by atoms with E-state index in [0.29, 0.717) is 13.1 Å². The predicted molar refractivity (Wildman–Crippen MR) is 111 cm³/mol. The van der Waals surface area contributed by atoms with Crippen LogP contribution in [0.1, 0.15) is 30.2 Å². The van der Waals surface area contributed by atoms with Crippen molar-refractivity contribution in [3.05, 3.63) is 72.3 Å². The summed E-state index contributed by atoms with van der Waals surface area (Å²) < 4.78 is 1.95. The number of rotatable bonds is 6. The molecule has 0 saturated heterocycles. The number of aromatic nitrogens is 3. The molecule has 2 N–H and O–H groups in total. The lowest BCUT2D eigenvalue weighted by Gasteiger charge is -2.20. The maximum absolute atomic E-state index is 4.67. The third-order valence-electron chi connectivity index (χ3n) is 4.62. The largest absolute Gasteiger partial charge is 0.353 e. The number of aliphatic imine (C=N–C) groups is 1. The van der Waals surface area contributed by atoms with Crippen LogP contribution >= 0.6 is 0 Å². The van der Waals surface area contributed by atoms with Gasteiger partial charge in [-0.1, -0.05) is 48.5 Å². The van der Waals surface area contributed by atoms with E-state index in [1.54, 1.807) is 0 Å². The molecule has 0 aliphatic rings. The lowest BCUT2D eigenvalue weighted by Crippen LogP contribution is -2.39. The first-order chi connectivity index (χ1) is 13.1. The van der Waals surface area contributed by atoms with Crippen molar-refractivity contribution in [3.63, 3.8) is 0 Å². The lowest BCUT2D eigenvalue weighted by atomic mass is 10.00. The second-order valence-corrected chi connectivity index (χ2v) is 6.49. The topological polar surface area (TPSA) is 67.1 Å². The van der Waals surface area contributed by atoms with Crippen LogP contribution in [0.4, 0.5) is 0 Å². The Bertz CT molecular complexity index is 951. The molecule has 0 fully saturated rings. The number of nitrogens with zero attached hydrogens (tertiary/aromatic N) is 4. The summed E-state index contributed by atoms with van der Waals surface area (Å²) in [7, 11) is 1.95. The highest BCUT2D eigenvalue weighted by atomic mass is 15.3. The summed E-state index contributed by atoms with van der Waals surface area (Å²) in [6.07, 6.45) is 1.81. The van der Waals surface area contributed by atoms with Gasteiger partial charge < -0.3 is 15.2 Å². The van der Waals surface area contributed by atoms with Gasteiger partial charge in [-0.3, -0.25) is 0 Å². The zero-order valence-corrected chi connectivity index (χ0v) is 16.1. The third kappa shape index (κ3) is 4.34. The van der Waals surface area contributed by atoms with Crippen LogP contribution in [0.15, 0.2) is 60.1 Å². The number of nitrogens with one attached hydrogen (secondary N) is 2. The van der Waals surface area contributed by atoms with Crippen LogP contribution in [0.3, 0.4) is 0 Å². The molecule has 3 rings (SSSR count). The highest BCUT2D eigenvalue weighted by Gasteiger charge is 2.11. The number of hydrogen-bond acceptors (Lipinski definition) is 3. The minimum absolute atomic E-state index is 0.0911. The zero-order chi connectivity index (χ0) is 19.2. The van der Waals surface area contributed by atoms with Crippen LogP contribution in [-0.2, 0) is 13.6 Å². The van der Waals surface area contributed by atoms with Gasteiger partial charge in [0.25, 0.3) is 0 Å². The molecule has 0 saturated carbocycles. The van der Waals surface area contributed by atoms with Crippen LogP contribution in [0.2, 0.25) is 0 Å². The average Bonchev–Trinajstić information content (AvgIpc) is 3.01. The molecule has 0 aliphatic heterocycles. The van der Waals surface area contributed by atoms with Gasteiger partial charge in [-0.15, -0.1) is 16.8 Å². The van der Waals surface area contributed by atoms with E-state index in [1.807, 2.05) is 24.6 Å². The van der Waals surface area contributed by atoms with E-state index in [2.05, 4.69) is 81.8 Å². The summed E-state index contributed by atoms with van der Waals surface area (Å²) in [5.74, 6) is 2.42. The van der Waals surface area contributed by atoms with E-state index in [-0.39, 0.29) is 6.04 Å². The van der Waals surface area contributed by atoms with Crippen molar-refractivity contribution in [3.8, 4) is 0 Å².